The number of anilines is 1. The molecule has 1 aromatic heterocycles. The standard InChI is InChI=1S/C22H34N4O4/c1-4-30-21(28)19-17(12-15-10-11-24-18(23)13-15)20(27)26(19)22(29)25(3)14(2)16-8-6-5-7-9-16/h10-11,13-14,16-17,19,22,29H,4-9,12H2,1-3H3,(H2,23,24). The predicted octanol–water partition coefficient (Wildman–Crippen LogP) is 1.77. The van der Waals surface area contributed by atoms with Crippen molar-refractivity contribution in [2.24, 2.45) is 11.8 Å². The molecule has 3 N–H and O–H groups in total. The van der Waals surface area contributed by atoms with Gasteiger partial charge in [0.15, 0.2) is 6.35 Å². The number of rotatable bonds is 8. The molecule has 2 heterocycles. The summed E-state index contributed by atoms with van der Waals surface area (Å²) in [6, 6.07) is 2.77. The van der Waals surface area contributed by atoms with Gasteiger partial charge in [0.05, 0.1) is 12.5 Å². The van der Waals surface area contributed by atoms with Gasteiger partial charge in [-0.1, -0.05) is 19.3 Å². The smallest absolute Gasteiger partial charge is 0.329 e. The number of pyridine rings is 1. The zero-order valence-electron chi connectivity index (χ0n) is 18.2. The molecule has 1 aromatic rings. The number of esters is 1. The molecule has 166 valence electrons. The lowest BCUT2D eigenvalue weighted by Gasteiger charge is -2.51. The van der Waals surface area contributed by atoms with Crippen LogP contribution < -0.4 is 5.73 Å². The SMILES string of the molecule is CCOC(=O)C1C(Cc2ccnc(N)c2)C(=O)N1C(O)N(C)C(C)C1CCCCC1. The summed E-state index contributed by atoms with van der Waals surface area (Å²) in [5, 5.41) is 11.0. The Kier molecular flexibility index (Phi) is 7.31. The molecule has 0 radical (unpaired) electrons. The van der Waals surface area contributed by atoms with Crippen molar-refractivity contribution in [3.8, 4) is 0 Å². The van der Waals surface area contributed by atoms with Gasteiger partial charge in [0.1, 0.15) is 11.9 Å². The zero-order valence-corrected chi connectivity index (χ0v) is 18.2. The molecule has 1 aliphatic heterocycles. The number of aliphatic hydroxyl groups excluding tert-OH is 1. The van der Waals surface area contributed by atoms with E-state index in [2.05, 4.69) is 11.9 Å². The second kappa shape index (κ2) is 9.75. The van der Waals surface area contributed by atoms with Gasteiger partial charge in [-0.05, 0) is 63.8 Å². The number of hydrogen-bond donors (Lipinski definition) is 2. The summed E-state index contributed by atoms with van der Waals surface area (Å²) in [7, 11) is 1.82. The van der Waals surface area contributed by atoms with Gasteiger partial charge in [0.2, 0.25) is 5.91 Å². The molecule has 1 saturated heterocycles. The Morgan fingerprint density at radius 2 is 2.10 bits per heavy atom. The first-order valence-corrected chi connectivity index (χ1v) is 10.9. The number of aliphatic hydroxyl groups is 1. The van der Waals surface area contributed by atoms with Gasteiger partial charge in [0, 0.05) is 12.2 Å². The largest absolute Gasteiger partial charge is 0.464 e. The topological polar surface area (TPSA) is 109 Å². The Bertz CT molecular complexity index is 752. The van der Waals surface area contributed by atoms with Gasteiger partial charge in [-0.15, -0.1) is 0 Å². The maximum absolute atomic E-state index is 13.0. The van der Waals surface area contributed by atoms with Crippen LogP contribution in [0.1, 0.15) is 51.5 Å². The van der Waals surface area contributed by atoms with E-state index < -0.39 is 24.3 Å². The highest BCUT2D eigenvalue weighted by Gasteiger charge is 2.55. The minimum atomic E-state index is -1.16. The zero-order chi connectivity index (χ0) is 21.8. The van der Waals surface area contributed by atoms with Crippen LogP contribution in [0.2, 0.25) is 0 Å². The van der Waals surface area contributed by atoms with Crippen LogP contribution in [0.5, 0.6) is 0 Å². The number of nitrogen functional groups attached to an aromatic ring is 1. The molecule has 1 amide bonds. The lowest BCUT2D eigenvalue weighted by atomic mass is 9.81. The normalized spacial score (nSPS) is 24.4. The maximum atomic E-state index is 13.0. The summed E-state index contributed by atoms with van der Waals surface area (Å²) in [6.07, 6.45) is 6.67. The number of nitrogens with zero attached hydrogens (tertiary/aromatic N) is 3. The van der Waals surface area contributed by atoms with Gasteiger partial charge >= 0.3 is 5.97 Å². The van der Waals surface area contributed by atoms with E-state index in [0.717, 1.165) is 18.4 Å². The Morgan fingerprint density at radius 1 is 1.40 bits per heavy atom. The van der Waals surface area contributed by atoms with E-state index >= 15 is 0 Å². The summed E-state index contributed by atoms with van der Waals surface area (Å²) in [6.45, 7) is 4.03. The summed E-state index contributed by atoms with van der Waals surface area (Å²) < 4.78 is 5.22. The fourth-order valence-electron chi connectivity index (χ4n) is 4.77. The van der Waals surface area contributed by atoms with Crippen molar-refractivity contribution >= 4 is 17.7 Å². The van der Waals surface area contributed by atoms with Crippen molar-refractivity contribution in [2.45, 2.75) is 70.8 Å². The van der Waals surface area contributed by atoms with Crippen LogP contribution in [0, 0.1) is 11.8 Å². The van der Waals surface area contributed by atoms with E-state index in [1.807, 2.05) is 7.05 Å². The van der Waals surface area contributed by atoms with Crippen molar-refractivity contribution in [2.75, 3.05) is 19.4 Å². The van der Waals surface area contributed by atoms with Gasteiger partial charge in [-0.2, -0.15) is 0 Å². The number of β-lactam (4-membered cyclic amide) rings is 1. The van der Waals surface area contributed by atoms with Crippen molar-refractivity contribution in [3.63, 3.8) is 0 Å². The monoisotopic (exact) mass is 418 g/mol. The molecule has 0 aromatic carbocycles. The second-order valence-electron chi connectivity index (χ2n) is 8.49. The average molecular weight is 419 g/mol. The molecule has 30 heavy (non-hydrogen) atoms. The number of likely N-dealkylation sites (tertiary alicyclic amines) is 1. The number of hydrogen-bond acceptors (Lipinski definition) is 7. The summed E-state index contributed by atoms with van der Waals surface area (Å²) >= 11 is 0. The Balaban J connectivity index is 1.74. The maximum Gasteiger partial charge on any atom is 0.329 e. The summed E-state index contributed by atoms with van der Waals surface area (Å²) in [5.41, 5.74) is 6.57. The van der Waals surface area contributed by atoms with Crippen LogP contribution in [0.25, 0.3) is 0 Å². The van der Waals surface area contributed by atoms with Gasteiger partial charge in [-0.3, -0.25) is 14.6 Å². The van der Waals surface area contributed by atoms with Crippen LogP contribution >= 0.6 is 0 Å². The summed E-state index contributed by atoms with van der Waals surface area (Å²) in [4.78, 5) is 32.7. The highest BCUT2D eigenvalue weighted by molar-refractivity contribution is 5.97. The molecular formula is C22H34N4O4. The molecule has 0 bridgehead atoms. The lowest BCUT2D eigenvalue weighted by molar-refractivity contribution is -0.211. The number of amides is 1. The number of nitrogens with two attached hydrogens (primary N) is 1. The minimum Gasteiger partial charge on any atom is -0.464 e. The van der Waals surface area contributed by atoms with E-state index in [4.69, 9.17) is 10.5 Å². The Labute approximate surface area is 178 Å². The van der Waals surface area contributed by atoms with E-state index in [1.165, 1.54) is 24.2 Å². The fraction of sp³-hybridized carbons (Fsp3) is 0.682. The van der Waals surface area contributed by atoms with Gasteiger partial charge in [0.25, 0.3) is 0 Å². The third-order valence-electron chi connectivity index (χ3n) is 6.67. The highest BCUT2D eigenvalue weighted by atomic mass is 16.5. The molecule has 2 aliphatic rings. The second-order valence-corrected chi connectivity index (χ2v) is 8.49. The molecular weight excluding hydrogens is 384 g/mol. The molecule has 3 rings (SSSR count). The predicted molar refractivity (Wildman–Crippen MR) is 113 cm³/mol. The van der Waals surface area contributed by atoms with Crippen LogP contribution in [0.15, 0.2) is 18.3 Å². The first-order chi connectivity index (χ1) is 14.3. The first-order valence-electron chi connectivity index (χ1n) is 10.9. The number of ether oxygens (including phenoxy) is 1. The molecule has 0 spiro atoms. The molecule has 1 aliphatic carbocycles. The Morgan fingerprint density at radius 3 is 2.73 bits per heavy atom. The number of carbonyl (C=O) groups excluding carboxylic acids is 2. The third-order valence-corrected chi connectivity index (χ3v) is 6.67. The van der Waals surface area contributed by atoms with Crippen LogP contribution in [-0.2, 0) is 20.7 Å². The third kappa shape index (κ3) is 4.59. The van der Waals surface area contributed by atoms with E-state index in [-0.39, 0.29) is 18.6 Å². The number of aromatic nitrogens is 1. The van der Waals surface area contributed by atoms with Crippen molar-refractivity contribution in [3.05, 3.63) is 23.9 Å². The lowest BCUT2D eigenvalue weighted by Crippen LogP contribution is -2.71. The first kappa shape index (κ1) is 22.5. The van der Waals surface area contributed by atoms with Crippen LogP contribution in [0.3, 0.4) is 0 Å². The van der Waals surface area contributed by atoms with Crippen molar-refractivity contribution < 1.29 is 19.4 Å². The summed E-state index contributed by atoms with van der Waals surface area (Å²) in [5.74, 6) is -0.476. The molecule has 1 saturated carbocycles. The van der Waals surface area contributed by atoms with E-state index in [1.54, 1.807) is 30.2 Å². The molecule has 8 nitrogen and oxygen atoms in total. The number of carbonyl (C=O) groups is 2. The molecule has 2 fully saturated rings. The van der Waals surface area contributed by atoms with Crippen molar-refractivity contribution in [1.29, 1.82) is 0 Å². The average Bonchev–Trinajstić information content (AvgIpc) is 2.74. The fourth-order valence-corrected chi connectivity index (χ4v) is 4.77. The highest BCUT2D eigenvalue weighted by Crippen LogP contribution is 2.35. The Hall–Kier alpha value is -2.19. The minimum absolute atomic E-state index is 0.106. The molecule has 4 unspecified atom stereocenters. The van der Waals surface area contributed by atoms with Crippen LogP contribution in [-0.4, -0.2) is 63.9 Å². The quantitative estimate of drug-likeness (QED) is 0.376. The molecule has 4 atom stereocenters. The van der Waals surface area contributed by atoms with Crippen LogP contribution in [0.4, 0.5) is 5.82 Å². The van der Waals surface area contributed by atoms with Gasteiger partial charge in [-0.25, -0.2) is 9.78 Å². The molecule has 8 heteroatoms. The van der Waals surface area contributed by atoms with Gasteiger partial charge < -0.3 is 15.6 Å². The van der Waals surface area contributed by atoms with Crippen molar-refractivity contribution in [1.82, 2.24) is 14.8 Å². The van der Waals surface area contributed by atoms with E-state index in [9.17, 15) is 14.7 Å². The van der Waals surface area contributed by atoms with E-state index in [0.29, 0.717) is 18.2 Å².